The molecule has 0 radical (unpaired) electrons. The minimum atomic E-state index is -0.761. The number of fused-ring (bicyclic) bond motifs is 2. The number of carbonyl (C=O) groups is 2. The largest absolute Gasteiger partial charge is 0.346 e. The van der Waals surface area contributed by atoms with Crippen LogP contribution < -0.4 is 5.32 Å². The van der Waals surface area contributed by atoms with Crippen LogP contribution in [-0.2, 0) is 15.1 Å². The molecule has 1 saturated heterocycles. The highest BCUT2D eigenvalue weighted by atomic mass is 16.2. The summed E-state index contributed by atoms with van der Waals surface area (Å²) in [6, 6.07) is 3.83. The van der Waals surface area contributed by atoms with E-state index in [0.717, 1.165) is 67.1 Å². The molecule has 2 saturated carbocycles. The van der Waals surface area contributed by atoms with Crippen molar-refractivity contribution in [3.63, 3.8) is 0 Å². The first-order valence-electron chi connectivity index (χ1n) is 12.8. The van der Waals surface area contributed by atoms with Crippen molar-refractivity contribution in [3.8, 4) is 17.3 Å². The van der Waals surface area contributed by atoms with Gasteiger partial charge in [-0.3, -0.25) is 14.8 Å². The molecule has 36 heavy (non-hydrogen) atoms. The molecular formula is C26H30N8O2. The van der Waals surface area contributed by atoms with Crippen LogP contribution in [0.15, 0.2) is 31.0 Å². The Bertz CT molecular complexity index is 1300. The van der Waals surface area contributed by atoms with Crippen molar-refractivity contribution >= 4 is 23.2 Å². The average molecular weight is 487 g/mol. The Morgan fingerprint density at radius 2 is 2.06 bits per heavy atom. The first kappa shape index (κ1) is 22.9. The fraction of sp³-hybridized carbons (Fsp3) is 0.538. The third kappa shape index (κ3) is 3.88. The van der Waals surface area contributed by atoms with E-state index in [4.69, 9.17) is 5.10 Å². The van der Waals surface area contributed by atoms with Gasteiger partial charge in [0, 0.05) is 42.5 Å². The molecule has 3 aromatic heterocycles. The van der Waals surface area contributed by atoms with Gasteiger partial charge in [-0.25, -0.2) is 9.97 Å². The number of hydrogen-bond acceptors (Lipinski definition) is 7. The number of nitrogens with zero attached hydrogens (tertiary/aromatic N) is 6. The molecule has 186 valence electrons. The van der Waals surface area contributed by atoms with Gasteiger partial charge in [-0.1, -0.05) is 12.8 Å². The van der Waals surface area contributed by atoms with E-state index in [9.17, 15) is 14.9 Å². The van der Waals surface area contributed by atoms with E-state index in [0.29, 0.717) is 19.5 Å². The summed E-state index contributed by atoms with van der Waals surface area (Å²) in [5, 5.41) is 18.6. The minimum Gasteiger partial charge on any atom is -0.346 e. The molecule has 0 bridgehead atoms. The molecule has 1 aliphatic heterocycles. The van der Waals surface area contributed by atoms with Crippen LogP contribution in [0.1, 0.15) is 44.9 Å². The van der Waals surface area contributed by atoms with Gasteiger partial charge in [0.15, 0.2) is 0 Å². The molecule has 3 fully saturated rings. The van der Waals surface area contributed by atoms with Crippen LogP contribution in [0.2, 0.25) is 0 Å². The second kappa shape index (κ2) is 9.13. The summed E-state index contributed by atoms with van der Waals surface area (Å²) < 4.78 is 1.95. The molecule has 1 unspecified atom stereocenters. The van der Waals surface area contributed by atoms with Gasteiger partial charge in [0.05, 0.1) is 29.9 Å². The lowest BCUT2D eigenvalue weighted by Gasteiger charge is -2.30. The van der Waals surface area contributed by atoms with Gasteiger partial charge in [-0.15, -0.1) is 0 Å². The maximum absolute atomic E-state index is 13.1. The van der Waals surface area contributed by atoms with E-state index < -0.39 is 11.6 Å². The molecule has 10 nitrogen and oxygen atoms in total. The lowest BCUT2D eigenvalue weighted by Crippen LogP contribution is -2.50. The van der Waals surface area contributed by atoms with E-state index >= 15 is 0 Å². The lowest BCUT2D eigenvalue weighted by atomic mass is 9.92. The van der Waals surface area contributed by atoms with E-state index in [2.05, 4.69) is 26.3 Å². The number of hydrogen-bond donors (Lipinski definition) is 2. The Labute approximate surface area is 209 Å². The van der Waals surface area contributed by atoms with Crippen molar-refractivity contribution in [1.29, 1.82) is 5.26 Å². The predicted molar refractivity (Wildman–Crippen MR) is 131 cm³/mol. The smallest absolute Gasteiger partial charge is 0.247 e. The van der Waals surface area contributed by atoms with Gasteiger partial charge in [-0.2, -0.15) is 10.4 Å². The van der Waals surface area contributed by atoms with Crippen molar-refractivity contribution < 1.29 is 9.59 Å². The van der Waals surface area contributed by atoms with Crippen LogP contribution in [0.25, 0.3) is 22.3 Å². The second-order valence-electron chi connectivity index (χ2n) is 10.6. The fourth-order valence-corrected chi connectivity index (χ4v) is 6.72. The lowest BCUT2D eigenvalue weighted by molar-refractivity contribution is -0.135. The van der Waals surface area contributed by atoms with Crippen LogP contribution in [-0.4, -0.2) is 67.0 Å². The molecule has 3 aromatic rings. The highest BCUT2D eigenvalue weighted by Crippen LogP contribution is 2.49. The summed E-state index contributed by atoms with van der Waals surface area (Å²) in [6.07, 6.45) is 14.2. The molecule has 0 aromatic carbocycles. The van der Waals surface area contributed by atoms with Gasteiger partial charge in [0.25, 0.3) is 0 Å². The number of likely N-dealkylation sites (tertiary alicyclic amines) is 1. The summed E-state index contributed by atoms with van der Waals surface area (Å²) >= 11 is 0. The first-order valence-corrected chi connectivity index (χ1v) is 12.8. The Kier molecular flexibility index (Phi) is 5.80. The van der Waals surface area contributed by atoms with Crippen LogP contribution in [0.4, 0.5) is 0 Å². The average Bonchev–Trinajstić information content (AvgIpc) is 3.69. The van der Waals surface area contributed by atoms with Gasteiger partial charge >= 0.3 is 0 Å². The summed E-state index contributed by atoms with van der Waals surface area (Å²) in [5.74, 6) is 0.450. The zero-order valence-electron chi connectivity index (χ0n) is 20.1. The molecule has 1 amide bonds. The van der Waals surface area contributed by atoms with Crippen LogP contribution >= 0.6 is 0 Å². The fourth-order valence-electron chi connectivity index (χ4n) is 6.72. The normalized spacial score (nSPS) is 26.8. The number of aldehydes is 1. The zero-order valence-corrected chi connectivity index (χ0v) is 20.1. The molecule has 4 atom stereocenters. The second-order valence-corrected chi connectivity index (χ2v) is 10.6. The van der Waals surface area contributed by atoms with Crippen molar-refractivity contribution in [2.24, 2.45) is 11.8 Å². The third-order valence-corrected chi connectivity index (χ3v) is 8.45. The number of H-pyrrole nitrogens is 1. The summed E-state index contributed by atoms with van der Waals surface area (Å²) in [4.78, 5) is 38.6. The van der Waals surface area contributed by atoms with E-state index in [1.54, 1.807) is 6.20 Å². The van der Waals surface area contributed by atoms with E-state index in [1.807, 2.05) is 28.0 Å². The molecule has 10 heteroatoms. The maximum atomic E-state index is 13.1. The standard InChI is InChI=1S/C26H30N8O2/c27-7-6-26(34-14-19(11-31-34)23-21-5-8-28-24(21)30-16-29-23)9-17-12-33(13-18(17)10-26)25(36)22(15-35)32-20-3-1-2-4-20/h5,8,11,14-18,20,22,32H,1-4,6,9-10,12-13H2,(H,28,29,30)/t17-,18+,22?,26+. The summed E-state index contributed by atoms with van der Waals surface area (Å²) in [6.45, 7) is 1.24. The predicted octanol–water partition coefficient (Wildman–Crippen LogP) is 2.40. The van der Waals surface area contributed by atoms with E-state index in [-0.39, 0.29) is 23.8 Å². The van der Waals surface area contributed by atoms with Crippen molar-refractivity contribution in [1.82, 2.24) is 34.9 Å². The zero-order chi connectivity index (χ0) is 24.7. The highest BCUT2D eigenvalue weighted by molar-refractivity contribution is 5.96. The molecule has 4 heterocycles. The van der Waals surface area contributed by atoms with Crippen LogP contribution in [0.5, 0.6) is 0 Å². The highest BCUT2D eigenvalue weighted by Gasteiger charge is 2.52. The van der Waals surface area contributed by atoms with Gasteiger partial charge in [0.1, 0.15) is 24.3 Å². The number of rotatable bonds is 7. The molecule has 6 rings (SSSR count). The van der Waals surface area contributed by atoms with E-state index in [1.165, 1.54) is 6.33 Å². The van der Waals surface area contributed by atoms with Gasteiger partial charge < -0.3 is 14.7 Å². The Morgan fingerprint density at radius 3 is 2.78 bits per heavy atom. The van der Waals surface area contributed by atoms with Crippen LogP contribution in [0, 0.1) is 23.2 Å². The van der Waals surface area contributed by atoms with Gasteiger partial charge in [0.2, 0.25) is 5.91 Å². The molecule has 2 aliphatic carbocycles. The Hall–Kier alpha value is -3.58. The summed E-state index contributed by atoms with van der Waals surface area (Å²) in [7, 11) is 0. The first-order chi connectivity index (χ1) is 17.6. The number of carbonyl (C=O) groups excluding carboxylic acids is 2. The maximum Gasteiger partial charge on any atom is 0.247 e. The summed E-state index contributed by atoms with van der Waals surface area (Å²) in [5.41, 5.74) is 2.06. The molecule has 3 aliphatic rings. The van der Waals surface area contributed by atoms with Crippen molar-refractivity contribution in [2.45, 2.75) is 62.6 Å². The van der Waals surface area contributed by atoms with Crippen LogP contribution in [0.3, 0.4) is 0 Å². The van der Waals surface area contributed by atoms with Crippen molar-refractivity contribution in [2.75, 3.05) is 13.1 Å². The van der Waals surface area contributed by atoms with Crippen molar-refractivity contribution in [3.05, 3.63) is 31.0 Å². The number of amides is 1. The van der Waals surface area contributed by atoms with Gasteiger partial charge in [-0.05, 0) is 43.6 Å². The molecule has 2 N–H and O–H groups in total. The molecular weight excluding hydrogens is 456 g/mol. The quantitative estimate of drug-likeness (QED) is 0.387. The third-order valence-electron chi connectivity index (χ3n) is 8.45. The minimum absolute atomic E-state index is 0.113. The Morgan fingerprint density at radius 1 is 1.28 bits per heavy atom. The SMILES string of the molecule is N#CC[C@@]1(n2cc(-c3ncnc4[nH]ccc34)cn2)C[C@H]2CN(C(=O)C(C=O)NC3CCCC3)C[C@H]2C1. The topological polar surface area (TPSA) is 133 Å². The Balaban J connectivity index is 1.18. The number of aromatic nitrogens is 5. The number of nitriles is 1. The molecule has 0 spiro atoms. The monoisotopic (exact) mass is 486 g/mol. The number of aromatic amines is 1. The number of nitrogens with one attached hydrogen (secondary N) is 2.